The molecule has 0 aliphatic rings. The summed E-state index contributed by atoms with van der Waals surface area (Å²) >= 11 is 0. The Morgan fingerprint density at radius 2 is 0.115 bits per heavy atom. The molecule has 24 nitrogen and oxygen atoms in total. The molecule has 37 heteroatoms. The van der Waals surface area contributed by atoms with E-state index in [9.17, 15) is 0 Å². The van der Waals surface area contributed by atoms with Gasteiger partial charge in [-0.1, -0.05) is 0 Å². The number of rotatable bonds is 0. The van der Waals surface area contributed by atoms with Gasteiger partial charge in [0.15, 0.2) is 0 Å². The van der Waals surface area contributed by atoms with E-state index in [1.165, 1.54) is 0 Å². The molecule has 0 atom stereocenters. The molecule has 0 rings (SSSR count). The topological polar surface area (TPSA) is 571 Å². The van der Waals surface area contributed by atoms with E-state index in [1.807, 2.05) is 0 Å². The Morgan fingerprint density at radius 1 is 0.115 bits per heavy atom. The molecule has 0 fully saturated rings. The summed E-state index contributed by atoms with van der Waals surface area (Å²) in [5, 5.41) is 150. The van der Waals surface area contributed by atoms with Crippen molar-refractivity contribution in [3.05, 3.63) is 158 Å². The fourth-order valence-electron chi connectivity index (χ4n) is 0. The first-order valence-corrected chi connectivity index (χ1v) is 5.37. The first-order valence-electron chi connectivity index (χ1n) is 5.37. The van der Waals surface area contributed by atoms with Crippen LogP contribution in [0.15, 0.2) is 0 Å². The molecule has 0 bridgehead atoms. The van der Waals surface area contributed by atoms with Gasteiger partial charge in [0.2, 0.25) is 0 Å². The largest absolute Gasteiger partial charge is 3.00 e. The molecule has 0 aliphatic carbocycles. The summed E-state index contributed by atoms with van der Waals surface area (Å²) in [4.78, 5) is 0. The van der Waals surface area contributed by atoms with Gasteiger partial charge in [-0.3, -0.25) is 0 Å². The fraction of sp³-hybridized carbons (Fsp3) is 0. The van der Waals surface area contributed by atoms with Crippen molar-refractivity contribution in [3.63, 3.8) is 0 Å². The van der Waals surface area contributed by atoms with Gasteiger partial charge in [0, 0.05) is 39.0 Å². The maximum Gasteiger partial charge on any atom is 3.00 e. The molecule has 0 aromatic rings. The minimum atomic E-state index is 0. The van der Waals surface area contributed by atoms with E-state index >= 15 is 0 Å². The van der Waals surface area contributed by atoms with Crippen LogP contribution in [0.4, 0.5) is 0 Å². The van der Waals surface area contributed by atoms with Gasteiger partial charge >= 0.3 is 205 Å². The first kappa shape index (κ1) is 459. The molecule has 0 unspecified atom stereocenters. The van der Waals surface area contributed by atoms with Gasteiger partial charge in [-0.05, 0) is 0 Å². The number of nitrogens with zero attached hydrogens (tertiary/aromatic N) is 24. The van der Waals surface area contributed by atoms with Crippen molar-refractivity contribution in [2.75, 3.05) is 0 Å². The quantitative estimate of drug-likeness (QED) is 0.248. The van der Waals surface area contributed by atoms with Crippen LogP contribution in [0.3, 0.4) is 0 Å². The summed E-state index contributed by atoms with van der Waals surface area (Å²) in [6, 6.07) is 0. The molecule has 0 saturated carbocycles. The average Bonchev–Trinajstić information content (AvgIpc) is 3.34. The molecule has 0 heterocycles. The van der Waals surface area contributed by atoms with Crippen LogP contribution in [0.25, 0.3) is 0 Å². The summed E-state index contributed by atoms with van der Waals surface area (Å²) < 4.78 is 0. The van der Waals surface area contributed by atoms with Crippen LogP contribution < -0.4 is 0 Å². The molecule has 0 spiro atoms. The SMILES string of the molecule is [C-]#N.[C-]#N.[C-]#N.[C-]#N.[C-]#N.[C-]#N.[C-]#N.[C-]#N.[C-]#N.[C-]#N.[C-]#N.[C-]#N.[C-]#N.[C-]#N.[C-]#N.[C-]#N.[C-]#N.[C-]#N.[C-]#N.[C-]#N.[C-]#N.[C-]#N.[C-]#N.[C-]#N.[Fe+2].[Fe+2].[Fe+3].[Fe+3].[Zn+2].[Zn+2].[Zn+2].[Zn+2].[Zn+2].[Zn+2].[Zn+2].[Zn].[Zn]. The predicted molar refractivity (Wildman–Crippen MR) is 119 cm³/mol. The van der Waals surface area contributed by atoms with Gasteiger partial charge in [-0.2, -0.15) is 0 Å². The van der Waals surface area contributed by atoms with Crippen molar-refractivity contribution in [1.29, 1.82) is 126 Å². The molecule has 0 aromatic heterocycles. The zero-order chi connectivity index (χ0) is 48.0. The van der Waals surface area contributed by atoms with Crippen LogP contribution in [0.2, 0.25) is 0 Å². The van der Waals surface area contributed by atoms with Crippen molar-refractivity contribution >= 4 is 0 Å². The summed E-state index contributed by atoms with van der Waals surface area (Å²) in [5.41, 5.74) is 0. The van der Waals surface area contributed by atoms with Crippen LogP contribution in [0.1, 0.15) is 0 Å². The third-order valence-corrected chi connectivity index (χ3v) is 0. The number of hydrogen-bond acceptors (Lipinski definition) is 24. The smallest absolute Gasteiger partial charge is 0.512 e. The second-order valence-corrected chi connectivity index (χ2v) is 0. The molecular weight excluding hydrogens is 1440 g/mol. The molecule has 266 valence electrons. The molecular formula is C24Fe4N24Zn9. The zero-order valence-corrected chi connectivity index (χ0v) is 61.6. The van der Waals surface area contributed by atoms with E-state index < -0.39 is 0 Å². The fourth-order valence-corrected chi connectivity index (χ4v) is 0. The maximum atomic E-state index is 6.25. The summed E-state index contributed by atoms with van der Waals surface area (Å²) in [7, 11) is 0. The molecule has 0 saturated heterocycles. The van der Waals surface area contributed by atoms with E-state index in [0.29, 0.717) is 0 Å². The minimum Gasteiger partial charge on any atom is -0.512 e. The molecule has 0 aromatic carbocycles. The van der Waals surface area contributed by atoms with Crippen molar-refractivity contribution in [2.24, 2.45) is 0 Å². The van der Waals surface area contributed by atoms with E-state index in [2.05, 4.69) is 0 Å². The normalized spacial score (nSPS) is 0.787. The van der Waals surface area contributed by atoms with Crippen LogP contribution in [0, 0.1) is 284 Å². The number of hydrogen-bond donors (Lipinski definition) is 0. The Labute approximate surface area is 520 Å². The van der Waals surface area contributed by atoms with Crippen LogP contribution in [-0.4, -0.2) is 0 Å². The van der Waals surface area contributed by atoms with E-state index in [-0.39, 0.29) is 244 Å². The second-order valence-electron chi connectivity index (χ2n) is 0. The third kappa shape index (κ3) is 7650. The Bertz CT molecular complexity index is 549. The molecule has 0 aliphatic heterocycles. The van der Waals surface area contributed by atoms with Crippen LogP contribution in [0.5, 0.6) is 0 Å². The van der Waals surface area contributed by atoms with Crippen LogP contribution in [-0.2, 0) is 244 Å². The summed E-state index contributed by atoms with van der Waals surface area (Å²) in [6.07, 6.45) is 0. The molecule has 2 radical (unpaired) electrons. The van der Waals surface area contributed by atoms with Gasteiger partial charge in [-0.15, -0.1) is 0 Å². The molecule has 61 heavy (non-hydrogen) atoms. The maximum absolute atomic E-state index is 6.25. The molecule has 0 amide bonds. The monoisotopic (exact) mass is 1420 g/mol. The van der Waals surface area contributed by atoms with Gasteiger partial charge in [0.25, 0.3) is 0 Å². The van der Waals surface area contributed by atoms with Gasteiger partial charge in [0.1, 0.15) is 0 Å². The minimum absolute atomic E-state index is 0. The summed E-state index contributed by atoms with van der Waals surface area (Å²) in [6.45, 7) is 114. The van der Waals surface area contributed by atoms with E-state index in [0.717, 1.165) is 0 Å². The standard InChI is InChI=1S/24CN.4Fe.9Zn/c24*1-2;;;;;;;;;;;;;/q24*-1;2*+2;2*+3;;;7*+2. The second kappa shape index (κ2) is 7930. The van der Waals surface area contributed by atoms with Crippen LogP contribution >= 0.6 is 0 Å². The van der Waals surface area contributed by atoms with Crippen molar-refractivity contribution < 1.29 is 244 Å². The Kier molecular flexibility index (Phi) is 59700. The Hall–Kier alpha value is -4.55. The van der Waals surface area contributed by atoms with Gasteiger partial charge < -0.3 is 284 Å². The van der Waals surface area contributed by atoms with Gasteiger partial charge in [0.05, 0.1) is 0 Å². The zero-order valence-electron chi connectivity index (χ0n) is 30.5. The van der Waals surface area contributed by atoms with Crippen molar-refractivity contribution in [3.8, 4) is 0 Å². The van der Waals surface area contributed by atoms with Crippen molar-refractivity contribution in [2.45, 2.75) is 0 Å². The average molecular weight is 1440 g/mol. The third-order valence-electron chi connectivity index (χ3n) is 0. The Balaban J connectivity index is -0.00000000279. The first-order chi connectivity index (χ1) is 24.0. The van der Waals surface area contributed by atoms with E-state index in [4.69, 9.17) is 284 Å². The Morgan fingerprint density at radius 3 is 0.115 bits per heavy atom. The van der Waals surface area contributed by atoms with Crippen molar-refractivity contribution in [1.82, 2.24) is 0 Å². The predicted octanol–water partition coefficient (Wildman–Crippen LogP) is 2.28. The summed E-state index contributed by atoms with van der Waals surface area (Å²) in [5.74, 6) is 0. The molecule has 0 N–H and O–H groups in total. The van der Waals surface area contributed by atoms with Gasteiger partial charge in [-0.25, -0.2) is 0 Å². The van der Waals surface area contributed by atoms with E-state index in [1.54, 1.807) is 0 Å².